The van der Waals surface area contributed by atoms with Crippen molar-refractivity contribution in [1.29, 1.82) is 0 Å². The van der Waals surface area contributed by atoms with Crippen LogP contribution in [0, 0.1) is 6.92 Å². The van der Waals surface area contributed by atoms with E-state index in [4.69, 9.17) is 21.6 Å². The van der Waals surface area contributed by atoms with Crippen LogP contribution in [0.25, 0.3) is 27.8 Å². The van der Waals surface area contributed by atoms with Gasteiger partial charge < -0.3 is 9.88 Å². The Morgan fingerprint density at radius 2 is 1.44 bits per heavy atom. The van der Waals surface area contributed by atoms with Crippen molar-refractivity contribution in [3.8, 4) is 16.8 Å². The molecule has 0 aliphatic heterocycles. The molecule has 0 amide bonds. The van der Waals surface area contributed by atoms with E-state index in [9.17, 15) is 0 Å². The SMILES string of the molecule is Cc1ccc(-n2cc(-c3ccccc3)c3c(NCCC(c4ccccc4)c4ccccc4)ncnc32)cc1Cl. The lowest BCUT2D eigenvalue weighted by atomic mass is 9.88. The second-order valence-corrected chi connectivity index (χ2v) is 10.1. The number of aryl methyl sites for hydroxylation is 1. The van der Waals surface area contributed by atoms with Gasteiger partial charge in [0.1, 0.15) is 12.1 Å². The van der Waals surface area contributed by atoms with Crippen LogP contribution in [0.3, 0.4) is 0 Å². The topological polar surface area (TPSA) is 42.7 Å². The summed E-state index contributed by atoms with van der Waals surface area (Å²) in [7, 11) is 0. The third-order valence-corrected chi connectivity index (χ3v) is 7.64. The van der Waals surface area contributed by atoms with Crippen LogP contribution in [0.4, 0.5) is 5.82 Å². The number of hydrogen-bond acceptors (Lipinski definition) is 3. The number of benzene rings is 4. The molecule has 5 heteroatoms. The van der Waals surface area contributed by atoms with Crippen molar-refractivity contribution < 1.29 is 0 Å². The normalized spacial score (nSPS) is 11.3. The molecule has 0 spiro atoms. The van der Waals surface area contributed by atoms with Crippen molar-refractivity contribution in [2.45, 2.75) is 19.3 Å². The first-order valence-electron chi connectivity index (χ1n) is 13.2. The molecule has 4 aromatic carbocycles. The van der Waals surface area contributed by atoms with Crippen LogP contribution < -0.4 is 5.32 Å². The van der Waals surface area contributed by atoms with Gasteiger partial charge in [0.05, 0.1) is 5.39 Å². The molecule has 6 rings (SSSR count). The molecule has 6 aromatic rings. The summed E-state index contributed by atoms with van der Waals surface area (Å²) in [5, 5.41) is 5.39. The smallest absolute Gasteiger partial charge is 0.150 e. The molecule has 0 bridgehead atoms. The van der Waals surface area contributed by atoms with Crippen molar-refractivity contribution in [2.75, 3.05) is 11.9 Å². The van der Waals surface area contributed by atoms with Gasteiger partial charge in [-0.3, -0.25) is 0 Å². The Morgan fingerprint density at radius 3 is 2.08 bits per heavy atom. The van der Waals surface area contributed by atoms with Crippen molar-refractivity contribution in [1.82, 2.24) is 14.5 Å². The monoisotopic (exact) mass is 528 g/mol. The zero-order valence-corrected chi connectivity index (χ0v) is 22.5. The maximum absolute atomic E-state index is 6.51. The van der Waals surface area contributed by atoms with Gasteiger partial charge >= 0.3 is 0 Å². The lowest BCUT2D eigenvalue weighted by Gasteiger charge is -2.19. The van der Waals surface area contributed by atoms with E-state index in [-0.39, 0.29) is 5.92 Å². The minimum Gasteiger partial charge on any atom is -0.369 e. The highest BCUT2D eigenvalue weighted by Crippen LogP contribution is 2.36. The van der Waals surface area contributed by atoms with Gasteiger partial charge in [0.2, 0.25) is 0 Å². The van der Waals surface area contributed by atoms with Crippen molar-refractivity contribution in [2.24, 2.45) is 0 Å². The lowest BCUT2D eigenvalue weighted by Crippen LogP contribution is -2.10. The van der Waals surface area contributed by atoms with Crippen LogP contribution in [0.2, 0.25) is 5.02 Å². The van der Waals surface area contributed by atoms with Crippen molar-refractivity contribution >= 4 is 28.5 Å². The van der Waals surface area contributed by atoms with E-state index in [0.717, 1.165) is 57.2 Å². The van der Waals surface area contributed by atoms with Crippen LogP contribution >= 0.6 is 11.6 Å². The Hall–Kier alpha value is -4.41. The van der Waals surface area contributed by atoms with Gasteiger partial charge in [-0.1, -0.05) is 109 Å². The second kappa shape index (κ2) is 11.1. The summed E-state index contributed by atoms with van der Waals surface area (Å²) in [6.45, 7) is 2.77. The van der Waals surface area contributed by atoms with Crippen LogP contribution in [-0.2, 0) is 0 Å². The van der Waals surface area contributed by atoms with Crippen LogP contribution in [-0.4, -0.2) is 21.1 Å². The summed E-state index contributed by atoms with van der Waals surface area (Å²) in [5.74, 6) is 1.11. The van der Waals surface area contributed by atoms with E-state index >= 15 is 0 Å². The Morgan fingerprint density at radius 1 is 0.795 bits per heavy atom. The molecule has 2 aromatic heterocycles. The summed E-state index contributed by atoms with van der Waals surface area (Å²) in [4.78, 5) is 9.44. The molecule has 0 atom stereocenters. The Bertz CT molecular complexity index is 1660. The van der Waals surface area contributed by atoms with Crippen molar-refractivity contribution in [3.63, 3.8) is 0 Å². The molecule has 39 heavy (non-hydrogen) atoms. The average molecular weight is 529 g/mol. The summed E-state index contributed by atoms with van der Waals surface area (Å²) >= 11 is 6.51. The summed E-state index contributed by atoms with van der Waals surface area (Å²) in [6, 6.07) is 37.9. The van der Waals surface area contributed by atoms with Gasteiger partial charge in [0.25, 0.3) is 0 Å². The van der Waals surface area contributed by atoms with E-state index < -0.39 is 0 Å². The summed E-state index contributed by atoms with van der Waals surface area (Å²) in [5.41, 5.74) is 7.67. The van der Waals surface area contributed by atoms with Gasteiger partial charge in [0.15, 0.2) is 5.65 Å². The zero-order chi connectivity index (χ0) is 26.6. The molecule has 0 fully saturated rings. The first kappa shape index (κ1) is 24.9. The van der Waals surface area contributed by atoms with Gasteiger partial charge in [-0.05, 0) is 47.7 Å². The standard InChI is InChI=1S/C34H29ClN4/c1-24-17-18-28(21-31(24)35)39-22-30(27-15-9-4-10-16-27)32-33(37-23-38-34(32)39)36-20-19-29(25-11-5-2-6-12-25)26-13-7-3-8-14-26/h2-18,21-23,29H,19-20H2,1H3,(H,36,37,38). The largest absolute Gasteiger partial charge is 0.369 e. The van der Waals surface area contributed by atoms with Crippen LogP contribution in [0.15, 0.2) is 122 Å². The Balaban J connectivity index is 1.38. The number of rotatable bonds is 8. The van der Waals surface area contributed by atoms with Crippen LogP contribution in [0.5, 0.6) is 0 Å². The van der Waals surface area contributed by atoms with E-state index in [1.807, 2.05) is 25.1 Å². The number of hydrogen-bond donors (Lipinski definition) is 1. The first-order chi connectivity index (χ1) is 19.2. The quantitative estimate of drug-likeness (QED) is 0.215. The average Bonchev–Trinajstić information content (AvgIpc) is 3.39. The fraction of sp³-hybridized carbons (Fsp3) is 0.118. The third kappa shape index (κ3) is 5.16. The predicted molar refractivity (Wildman–Crippen MR) is 162 cm³/mol. The highest BCUT2D eigenvalue weighted by molar-refractivity contribution is 6.31. The van der Waals surface area contributed by atoms with E-state index in [2.05, 4.69) is 107 Å². The fourth-order valence-corrected chi connectivity index (χ4v) is 5.37. The molecule has 0 unspecified atom stereocenters. The molecule has 0 radical (unpaired) electrons. The van der Waals surface area contributed by atoms with Gasteiger partial charge in [-0.15, -0.1) is 0 Å². The first-order valence-corrected chi connectivity index (χ1v) is 13.6. The van der Waals surface area contributed by atoms with Crippen LogP contribution in [0.1, 0.15) is 29.0 Å². The molecule has 0 aliphatic carbocycles. The predicted octanol–water partition coefficient (Wildman–Crippen LogP) is 8.68. The highest BCUT2D eigenvalue weighted by Gasteiger charge is 2.19. The molecular weight excluding hydrogens is 500 g/mol. The maximum Gasteiger partial charge on any atom is 0.150 e. The molecule has 0 saturated heterocycles. The Labute approximate surface area is 234 Å². The molecule has 4 nitrogen and oxygen atoms in total. The number of aromatic nitrogens is 3. The number of anilines is 1. The third-order valence-electron chi connectivity index (χ3n) is 7.23. The molecule has 0 aliphatic rings. The maximum atomic E-state index is 6.51. The van der Waals surface area contributed by atoms with E-state index in [1.54, 1.807) is 6.33 Å². The minimum atomic E-state index is 0.283. The minimum absolute atomic E-state index is 0.283. The second-order valence-electron chi connectivity index (χ2n) is 9.72. The highest BCUT2D eigenvalue weighted by atomic mass is 35.5. The molecular formula is C34H29ClN4. The fourth-order valence-electron chi connectivity index (χ4n) is 5.19. The molecule has 2 heterocycles. The zero-order valence-electron chi connectivity index (χ0n) is 21.8. The van der Waals surface area contributed by atoms with Crippen molar-refractivity contribution in [3.05, 3.63) is 143 Å². The lowest BCUT2D eigenvalue weighted by molar-refractivity contribution is 0.743. The van der Waals surface area contributed by atoms with E-state index in [1.165, 1.54) is 11.1 Å². The van der Waals surface area contributed by atoms with E-state index in [0.29, 0.717) is 0 Å². The number of nitrogens with zero attached hydrogens (tertiary/aromatic N) is 3. The molecule has 0 saturated carbocycles. The number of fused-ring (bicyclic) bond motifs is 1. The molecule has 192 valence electrons. The van der Waals surface area contributed by atoms with Gasteiger partial charge in [-0.25, -0.2) is 9.97 Å². The summed E-state index contributed by atoms with van der Waals surface area (Å²) in [6.07, 6.45) is 4.70. The Kier molecular flexibility index (Phi) is 7.11. The molecule has 1 N–H and O–H groups in total. The van der Waals surface area contributed by atoms with Gasteiger partial charge in [-0.2, -0.15) is 0 Å². The number of halogens is 1. The van der Waals surface area contributed by atoms with Gasteiger partial charge in [0, 0.05) is 34.9 Å². The summed E-state index contributed by atoms with van der Waals surface area (Å²) < 4.78 is 2.10. The number of nitrogens with one attached hydrogen (secondary N) is 1.